The Labute approximate surface area is 245 Å². The van der Waals surface area contributed by atoms with E-state index in [1.54, 1.807) is 0 Å². The molecule has 2 bridgehead atoms. The molecular weight excluding hydrogens is 637 g/mol. The van der Waals surface area contributed by atoms with Gasteiger partial charge in [0.2, 0.25) is 0 Å². The van der Waals surface area contributed by atoms with Gasteiger partial charge in [-0.1, -0.05) is 0 Å². The molecule has 4 aromatic rings. The summed E-state index contributed by atoms with van der Waals surface area (Å²) in [6, 6.07) is 0. The van der Waals surface area contributed by atoms with Gasteiger partial charge >= 0.3 is 15.0 Å². The van der Waals surface area contributed by atoms with E-state index < -0.39 is 77.3 Å². The summed E-state index contributed by atoms with van der Waals surface area (Å²) in [5.41, 5.74) is 12.7. The largest absolute Gasteiger partial charge is 0.697 e. The van der Waals surface area contributed by atoms with Crippen LogP contribution in [0.1, 0.15) is 12.5 Å². The Morgan fingerprint density at radius 3 is 2.19 bits per heavy atom. The average molecular weight is 659 g/mol. The van der Waals surface area contributed by atoms with Gasteiger partial charge < -0.3 is 35.5 Å². The topological polar surface area (TPSA) is 252 Å². The molecule has 0 aliphatic carbocycles. The van der Waals surface area contributed by atoms with Crippen molar-refractivity contribution in [2.24, 2.45) is 0 Å². The maximum atomic E-state index is 15.7. The van der Waals surface area contributed by atoms with E-state index in [0.717, 1.165) is 0 Å². The molecule has 0 radical (unpaired) electrons. The van der Waals surface area contributed by atoms with Crippen LogP contribution in [0.5, 0.6) is 0 Å². The monoisotopic (exact) mass is 659 g/mol. The van der Waals surface area contributed by atoms with Crippen LogP contribution in [0, 0.1) is 0 Å². The number of anilines is 2. The molecule has 0 spiro atoms. The van der Waals surface area contributed by atoms with Crippen molar-refractivity contribution in [2.75, 3.05) is 24.7 Å². The third kappa shape index (κ3) is 5.05. The fourth-order valence-corrected chi connectivity index (χ4v) is 7.30. The highest BCUT2D eigenvalue weighted by Gasteiger charge is 2.55. The third-order valence-corrected chi connectivity index (χ3v) is 9.44. The SMILES string of the molecule is Nc1ncnc2c1ncn2[C@@H]1O[C@@H]2COP(O)(=S)O[C@@H]3[C@H](F)[C@@H](CO[P+](=O)O[C@H]2[C@H]1O)O[C@H]3n1cnc2c(N)ncnc21. The first-order valence-corrected chi connectivity index (χ1v) is 16.2. The number of aliphatic hydroxyl groups is 1. The molecule has 6 N–H and O–H groups in total. The number of imidazole rings is 2. The molecular formula is C20H22FN10O9P2S+. The molecule has 0 aromatic carbocycles. The van der Waals surface area contributed by atoms with Gasteiger partial charge in [-0.3, -0.25) is 13.7 Å². The molecule has 10 atom stereocenters. The maximum absolute atomic E-state index is 15.7. The minimum Gasteiger partial charge on any atom is -0.385 e. The Balaban J connectivity index is 1.18. The highest BCUT2D eigenvalue weighted by molar-refractivity contribution is 8.07. The summed E-state index contributed by atoms with van der Waals surface area (Å²) in [7, 11) is -2.96. The molecule has 3 aliphatic heterocycles. The van der Waals surface area contributed by atoms with Gasteiger partial charge in [0.05, 0.1) is 19.3 Å². The fraction of sp³-hybridized carbons (Fsp3) is 0.500. The van der Waals surface area contributed by atoms with E-state index in [2.05, 4.69) is 29.9 Å². The highest BCUT2D eigenvalue weighted by atomic mass is 32.5. The van der Waals surface area contributed by atoms with Gasteiger partial charge in [0.25, 0.3) is 0 Å². The minimum absolute atomic E-state index is 0.0778. The van der Waals surface area contributed by atoms with Crippen molar-refractivity contribution < 1.29 is 46.5 Å². The first-order valence-electron chi connectivity index (χ1n) is 12.5. The Kier molecular flexibility index (Phi) is 7.30. The van der Waals surface area contributed by atoms with E-state index in [4.69, 9.17) is 50.8 Å². The van der Waals surface area contributed by atoms with E-state index in [0.29, 0.717) is 0 Å². The zero-order valence-electron chi connectivity index (χ0n) is 21.5. The number of rotatable bonds is 2. The zero-order chi connectivity index (χ0) is 30.0. The van der Waals surface area contributed by atoms with Crippen LogP contribution in [0.2, 0.25) is 0 Å². The van der Waals surface area contributed by atoms with Crippen LogP contribution >= 0.6 is 15.0 Å². The standard InChI is InChI=1S/C20H21FN10O9P2S/c21-9-7-1-35-41(33)39-13-8(38-19(12(13)32)30-5-28-10-15(22)24-3-26-17(10)30)2-36-42(34,43)40-14(9)20(37-7)31-6-29-11-16(23)25-4-27-18(11)31/h3-9,12-14,19-20,32H,1-2H2,(H4-,22,23,24,25,26,27,34,43)/p+1/t7-,8-,9-,12-,13-,14-,19-,20-,42?/m1/s1. The van der Waals surface area contributed by atoms with Crippen molar-refractivity contribution in [1.82, 2.24) is 39.0 Å². The molecule has 2 unspecified atom stereocenters. The Morgan fingerprint density at radius 1 is 0.930 bits per heavy atom. The molecule has 0 amide bonds. The first-order chi connectivity index (χ1) is 20.6. The van der Waals surface area contributed by atoms with Crippen LogP contribution in [0.3, 0.4) is 0 Å². The lowest BCUT2D eigenvalue weighted by Crippen LogP contribution is -2.35. The number of halogens is 1. The number of hydrogen-bond donors (Lipinski definition) is 4. The predicted molar refractivity (Wildman–Crippen MR) is 144 cm³/mol. The van der Waals surface area contributed by atoms with Gasteiger partial charge in [-0.15, -0.1) is 9.05 Å². The number of nitrogens with two attached hydrogens (primary N) is 2. The van der Waals surface area contributed by atoms with Crippen molar-refractivity contribution in [3.05, 3.63) is 25.3 Å². The molecule has 3 aliphatic rings. The molecule has 19 nitrogen and oxygen atoms in total. The molecule has 23 heteroatoms. The Morgan fingerprint density at radius 2 is 1.53 bits per heavy atom. The van der Waals surface area contributed by atoms with E-state index in [9.17, 15) is 14.6 Å². The summed E-state index contributed by atoms with van der Waals surface area (Å²) in [6.45, 7) is -5.30. The molecule has 43 heavy (non-hydrogen) atoms. The summed E-state index contributed by atoms with van der Waals surface area (Å²) in [6.07, 6.45) is -6.23. The van der Waals surface area contributed by atoms with Crippen LogP contribution in [-0.4, -0.2) is 98.9 Å². The van der Waals surface area contributed by atoms with Crippen molar-refractivity contribution in [2.45, 2.75) is 49.1 Å². The van der Waals surface area contributed by atoms with Crippen molar-refractivity contribution in [3.8, 4) is 0 Å². The van der Waals surface area contributed by atoms with Gasteiger partial charge in [-0.25, -0.2) is 34.3 Å². The van der Waals surface area contributed by atoms with Gasteiger partial charge in [-0.05, 0) is 11.8 Å². The van der Waals surface area contributed by atoms with E-state index in [1.165, 1.54) is 34.4 Å². The first kappa shape index (κ1) is 28.8. The summed E-state index contributed by atoms with van der Waals surface area (Å²) >= 11 is 5.21. The number of nitrogen functional groups attached to an aromatic ring is 2. The summed E-state index contributed by atoms with van der Waals surface area (Å²) < 4.78 is 65.1. The number of alkyl halides is 1. The molecule has 7 rings (SSSR count). The van der Waals surface area contributed by atoms with E-state index >= 15 is 4.39 Å². The fourth-order valence-electron chi connectivity index (χ4n) is 5.11. The van der Waals surface area contributed by atoms with Gasteiger partial charge in [-0.2, -0.15) is 0 Å². The number of hydrogen-bond acceptors (Lipinski definition) is 17. The smallest absolute Gasteiger partial charge is 0.385 e. The lowest BCUT2D eigenvalue weighted by molar-refractivity contribution is -0.0590. The normalized spacial score (nSPS) is 36.3. The number of aromatic nitrogens is 8. The van der Waals surface area contributed by atoms with E-state index in [1.807, 2.05) is 0 Å². The molecule has 3 saturated heterocycles. The van der Waals surface area contributed by atoms with Crippen LogP contribution in [0.25, 0.3) is 22.3 Å². The summed E-state index contributed by atoms with van der Waals surface area (Å²) in [4.78, 5) is 35.4. The quantitative estimate of drug-likeness (QED) is 0.207. The van der Waals surface area contributed by atoms with Crippen molar-refractivity contribution in [1.29, 1.82) is 0 Å². The van der Waals surface area contributed by atoms with E-state index in [-0.39, 0.29) is 34.0 Å². The lowest BCUT2D eigenvalue weighted by atomic mass is 10.1. The van der Waals surface area contributed by atoms with Gasteiger partial charge in [0, 0.05) is 4.57 Å². The molecule has 7 heterocycles. The Bertz CT molecular complexity index is 1770. The average Bonchev–Trinajstić information content (AvgIpc) is 3.73. The van der Waals surface area contributed by atoms with Gasteiger partial charge in [0.15, 0.2) is 47.7 Å². The molecule has 4 aromatic heterocycles. The second kappa shape index (κ2) is 10.9. The number of ether oxygens (including phenoxy) is 2. The molecule has 3 fully saturated rings. The number of aliphatic hydroxyl groups excluding tert-OH is 1. The summed E-state index contributed by atoms with van der Waals surface area (Å²) in [5, 5.41) is 11.2. The maximum Gasteiger partial charge on any atom is 0.697 e. The third-order valence-electron chi connectivity index (χ3n) is 7.11. The zero-order valence-corrected chi connectivity index (χ0v) is 24.1. The second-order valence-corrected chi connectivity index (χ2v) is 13.4. The van der Waals surface area contributed by atoms with Crippen LogP contribution in [0.15, 0.2) is 25.3 Å². The van der Waals surface area contributed by atoms with Crippen molar-refractivity contribution in [3.63, 3.8) is 0 Å². The van der Waals surface area contributed by atoms with Crippen LogP contribution in [-0.2, 0) is 43.9 Å². The number of fused-ring (bicyclic) bond motifs is 5. The highest BCUT2D eigenvalue weighted by Crippen LogP contribution is 2.52. The lowest BCUT2D eigenvalue weighted by Gasteiger charge is -2.26. The predicted octanol–water partition coefficient (Wildman–Crippen LogP) is 0.0158. The van der Waals surface area contributed by atoms with Crippen LogP contribution < -0.4 is 11.5 Å². The minimum atomic E-state index is -4.22. The molecule has 228 valence electrons. The van der Waals surface area contributed by atoms with Crippen molar-refractivity contribution >= 4 is 60.7 Å². The molecule has 0 saturated carbocycles. The van der Waals surface area contributed by atoms with Gasteiger partial charge in [0.1, 0.15) is 54.7 Å². The summed E-state index contributed by atoms with van der Waals surface area (Å²) in [5.74, 6) is 0.183. The second-order valence-electron chi connectivity index (χ2n) is 9.65. The van der Waals surface area contributed by atoms with Crippen LogP contribution in [0.4, 0.5) is 16.0 Å². The number of nitrogens with zero attached hydrogens (tertiary/aromatic N) is 8. The Hall–Kier alpha value is -2.94.